The van der Waals surface area contributed by atoms with Gasteiger partial charge in [-0.3, -0.25) is 5.32 Å². The van der Waals surface area contributed by atoms with Crippen LogP contribution in [0.15, 0.2) is 41.4 Å². The summed E-state index contributed by atoms with van der Waals surface area (Å²) in [5.74, 6) is 0.832. The van der Waals surface area contributed by atoms with Gasteiger partial charge < -0.3 is 9.47 Å². The zero-order valence-corrected chi connectivity index (χ0v) is 12.5. The van der Waals surface area contributed by atoms with Gasteiger partial charge in [-0.1, -0.05) is 30.3 Å². The molecule has 2 rings (SSSR count). The van der Waals surface area contributed by atoms with E-state index in [4.69, 9.17) is 9.47 Å². The summed E-state index contributed by atoms with van der Waals surface area (Å²) >= 11 is 1.41. The first-order valence-corrected chi connectivity index (χ1v) is 7.39. The van der Waals surface area contributed by atoms with Crippen molar-refractivity contribution < 1.29 is 14.3 Å². The molecule has 2 aromatic rings. The van der Waals surface area contributed by atoms with Crippen LogP contribution in [0.25, 0.3) is 0 Å². The number of ether oxygens (including phenoxy) is 2. The lowest BCUT2D eigenvalue weighted by Crippen LogP contribution is -2.15. The van der Waals surface area contributed by atoms with Crippen molar-refractivity contribution in [1.82, 2.24) is 10.2 Å². The summed E-state index contributed by atoms with van der Waals surface area (Å²) in [5.41, 5.74) is 0.911. The van der Waals surface area contributed by atoms with Crippen molar-refractivity contribution in [2.45, 2.75) is 11.6 Å². The van der Waals surface area contributed by atoms with Crippen molar-refractivity contribution in [2.24, 2.45) is 0 Å². The maximum absolute atomic E-state index is 11.7. The van der Waals surface area contributed by atoms with Gasteiger partial charge >= 0.3 is 6.09 Å². The number of benzene rings is 1. The Morgan fingerprint density at radius 2 is 2.05 bits per heavy atom. The lowest BCUT2D eigenvalue weighted by Gasteiger charge is -2.08. The van der Waals surface area contributed by atoms with Gasteiger partial charge in [0.1, 0.15) is 6.61 Å². The van der Waals surface area contributed by atoms with E-state index >= 15 is 0 Å². The van der Waals surface area contributed by atoms with Crippen molar-refractivity contribution in [2.75, 3.05) is 18.7 Å². The molecule has 0 aliphatic carbocycles. The second-order valence-corrected chi connectivity index (χ2v) is 4.79. The van der Waals surface area contributed by atoms with Crippen LogP contribution >= 0.6 is 11.8 Å². The van der Waals surface area contributed by atoms with Gasteiger partial charge in [-0.25, -0.2) is 4.79 Å². The quantitative estimate of drug-likeness (QED) is 0.856. The van der Waals surface area contributed by atoms with Crippen molar-refractivity contribution in [1.29, 1.82) is 0 Å². The van der Waals surface area contributed by atoms with Gasteiger partial charge in [-0.05, 0) is 11.8 Å². The molecule has 0 aliphatic heterocycles. The minimum absolute atomic E-state index is 0.195. The second kappa shape index (κ2) is 7.49. The number of amides is 1. The molecule has 0 unspecified atom stereocenters. The maximum Gasteiger partial charge on any atom is 0.413 e. The Labute approximate surface area is 126 Å². The largest absolute Gasteiger partial charge is 0.494 e. The van der Waals surface area contributed by atoms with E-state index in [-0.39, 0.29) is 12.4 Å². The number of carbonyl (C=O) groups excluding carboxylic acids is 1. The van der Waals surface area contributed by atoms with Crippen LogP contribution in [0.2, 0.25) is 0 Å². The molecule has 1 aromatic heterocycles. The number of nitrogens with one attached hydrogen (secondary N) is 1. The number of thioether (sulfide) groups is 1. The van der Waals surface area contributed by atoms with Crippen LogP contribution in [-0.4, -0.2) is 29.7 Å². The maximum atomic E-state index is 11.7. The first kappa shape index (κ1) is 15.1. The van der Waals surface area contributed by atoms with Crippen LogP contribution in [0.5, 0.6) is 5.75 Å². The average Bonchev–Trinajstić information content (AvgIpc) is 2.53. The van der Waals surface area contributed by atoms with Gasteiger partial charge in [0.2, 0.25) is 0 Å². The SMILES string of the molecule is COc1cc(NC(=O)OCc2ccccc2)nnc1SC. The minimum Gasteiger partial charge on any atom is -0.494 e. The van der Waals surface area contributed by atoms with Crippen LogP contribution < -0.4 is 10.1 Å². The normalized spacial score (nSPS) is 10.0. The summed E-state index contributed by atoms with van der Waals surface area (Å²) in [6.45, 7) is 0.195. The molecule has 0 saturated heterocycles. The monoisotopic (exact) mass is 305 g/mol. The van der Waals surface area contributed by atoms with E-state index in [9.17, 15) is 4.79 Å². The Bertz CT molecular complexity index is 608. The van der Waals surface area contributed by atoms with Crippen LogP contribution in [0.4, 0.5) is 10.6 Å². The fraction of sp³-hybridized carbons (Fsp3) is 0.214. The van der Waals surface area contributed by atoms with Crippen molar-refractivity contribution >= 4 is 23.7 Å². The molecule has 1 N–H and O–H groups in total. The minimum atomic E-state index is -0.591. The topological polar surface area (TPSA) is 73.3 Å². The molecule has 1 aromatic carbocycles. The van der Waals surface area contributed by atoms with E-state index < -0.39 is 6.09 Å². The number of hydrogen-bond donors (Lipinski definition) is 1. The average molecular weight is 305 g/mol. The lowest BCUT2D eigenvalue weighted by molar-refractivity contribution is 0.155. The predicted octanol–water partition coefficient (Wildman–Crippen LogP) is 2.96. The Hall–Kier alpha value is -2.28. The number of hydrogen-bond acceptors (Lipinski definition) is 6. The summed E-state index contributed by atoms with van der Waals surface area (Å²) in [6.07, 6.45) is 1.28. The molecule has 0 aliphatic rings. The van der Waals surface area contributed by atoms with E-state index in [2.05, 4.69) is 15.5 Å². The van der Waals surface area contributed by atoms with Gasteiger partial charge in [0.05, 0.1) is 7.11 Å². The zero-order valence-electron chi connectivity index (χ0n) is 11.7. The van der Waals surface area contributed by atoms with Crippen LogP contribution in [0, 0.1) is 0 Å². The predicted molar refractivity (Wildman–Crippen MR) is 80.6 cm³/mol. The molecule has 0 bridgehead atoms. The molecule has 0 spiro atoms. The molecule has 0 saturated carbocycles. The van der Waals surface area contributed by atoms with Crippen LogP contribution in [0.1, 0.15) is 5.56 Å². The van der Waals surface area contributed by atoms with Gasteiger partial charge in [0.25, 0.3) is 0 Å². The molecule has 21 heavy (non-hydrogen) atoms. The Morgan fingerprint density at radius 3 is 2.71 bits per heavy atom. The van der Waals surface area contributed by atoms with Gasteiger partial charge in [-0.15, -0.1) is 22.0 Å². The second-order valence-electron chi connectivity index (χ2n) is 3.99. The van der Waals surface area contributed by atoms with Gasteiger partial charge in [-0.2, -0.15) is 0 Å². The first-order valence-electron chi connectivity index (χ1n) is 6.16. The number of rotatable bonds is 5. The van der Waals surface area contributed by atoms with Gasteiger partial charge in [0.15, 0.2) is 16.6 Å². The molecule has 110 valence electrons. The zero-order chi connectivity index (χ0) is 15.1. The van der Waals surface area contributed by atoms with Crippen LogP contribution in [0.3, 0.4) is 0 Å². The standard InChI is InChI=1S/C14H15N3O3S/c1-19-11-8-12(16-17-13(11)21-2)15-14(18)20-9-10-6-4-3-5-7-10/h3-8H,9H2,1-2H3,(H,15,16,18). The number of aromatic nitrogens is 2. The molecular formula is C14H15N3O3S. The third-order valence-electron chi connectivity index (χ3n) is 2.58. The molecule has 1 amide bonds. The smallest absolute Gasteiger partial charge is 0.413 e. The number of anilines is 1. The Balaban J connectivity index is 1.93. The molecule has 7 heteroatoms. The first-order chi connectivity index (χ1) is 10.2. The third kappa shape index (κ3) is 4.35. The van der Waals surface area contributed by atoms with Crippen molar-refractivity contribution in [3.05, 3.63) is 42.0 Å². The van der Waals surface area contributed by atoms with Crippen molar-refractivity contribution in [3.8, 4) is 5.75 Å². The lowest BCUT2D eigenvalue weighted by atomic mass is 10.2. The van der Waals surface area contributed by atoms with E-state index in [1.165, 1.54) is 18.9 Å². The highest BCUT2D eigenvalue weighted by atomic mass is 32.2. The fourth-order valence-corrected chi connectivity index (χ4v) is 2.04. The molecule has 0 atom stereocenters. The highest BCUT2D eigenvalue weighted by Gasteiger charge is 2.10. The molecule has 6 nitrogen and oxygen atoms in total. The summed E-state index contributed by atoms with van der Waals surface area (Å²) in [6, 6.07) is 11.0. The number of carbonyl (C=O) groups is 1. The highest BCUT2D eigenvalue weighted by molar-refractivity contribution is 7.98. The number of nitrogens with zero attached hydrogens (tertiary/aromatic N) is 2. The molecule has 0 fully saturated rings. The molecule has 0 radical (unpaired) electrons. The summed E-state index contributed by atoms with van der Waals surface area (Å²) in [4.78, 5) is 11.7. The highest BCUT2D eigenvalue weighted by Crippen LogP contribution is 2.26. The Morgan fingerprint density at radius 1 is 1.29 bits per heavy atom. The number of methoxy groups -OCH3 is 1. The van der Waals surface area contributed by atoms with E-state index in [1.54, 1.807) is 6.07 Å². The third-order valence-corrected chi connectivity index (χ3v) is 3.25. The van der Waals surface area contributed by atoms with Gasteiger partial charge in [0, 0.05) is 6.07 Å². The summed E-state index contributed by atoms with van der Waals surface area (Å²) in [7, 11) is 1.54. The Kier molecular flexibility index (Phi) is 5.39. The van der Waals surface area contributed by atoms with Crippen molar-refractivity contribution in [3.63, 3.8) is 0 Å². The van der Waals surface area contributed by atoms with Crippen LogP contribution in [-0.2, 0) is 11.3 Å². The summed E-state index contributed by atoms with van der Waals surface area (Å²) in [5, 5.41) is 11.0. The van der Waals surface area contributed by atoms with E-state index in [0.717, 1.165) is 5.56 Å². The summed E-state index contributed by atoms with van der Waals surface area (Å²) < 4.78 is 10.3. The fourth-order valence-electron chi connectivity index (χ4n) is 1.58. The molecule has 1 heterocycles. The van der Waals surface area contributed by atoms with E-state index in [0.29, 0.717) is 10.8 Å². The molecular weight excluding hydrogens is 290 g/mol. The van der Waals surface area contributed by atoms with E-state index in [1.807, 2.05) is 36.6 Å².